The van der Waals surface area contributed by atoms with Gasteiger partial charge in [-0.15, -0.1) is 36.2 Å². The van der Waals surface area contributed by atoms with E-state index in [2.05, 4.69) is 10.2 Å². The quantitative estimate of drug-likeness (QED) is 0.249. The minimum absolute atomic E-state index is 0. The summed E-state index contributed by atoms with van der Waals surface area (Å²) in [5, 5.41) is 6.31. The van der Waals surface area contributed by atoms with Crippen molar-refractivity contribution in [2.75, 3.05) is 51.8 Å². The Bertz CT molecular complexity index is 1170. The van der Waals surface area contributed by atoms with Gasteiger partial charge in [0, 0.05) is 35.3 Å². The predicted molar refractivity (Wildman–Crippen MR) is 160 cm³/mol. The Morgan fingerprint density at radius 3 is 2.39 bits per heavy atom. The van der Waals surface area contributed by atoms with Crippen LogP contribution in [0.25, 0.3) is 21.8 Å². The molecule has 1 fully saturated rings. The van der Waals surface area contributed by atoms with Gasteiger partial charge in [-0.2, -0.15) is 0 Å². The number of halogens is 2. The third kappa shape index (κ3) is 7.99. The molecule has 2 heterocycles. The number of piperidine rings is 1. The van der Waals surface area contributed by atoms with Crippen molar-refractivity contribution in [1.82, 2.24) is 9.88 Å². The van der Waals surface area contributed by atoms with Crippen LogP contribution in [-0.4, -0.2) is 62.4 Å². The number of nitrogens with one attached hydrogen (secondary N) is 1. The largest absolute Gasteiger partial charge is 0.490 e. The van der Waals surface area contributed by atoms with Crippen LogP contribution in [0.3, 0.4) is 0 Å². The average Bonchev–Trinajstić information content (AvgIpc) is 3.41. The molecule has 1 saturated heterocycles. The van der Waals surface area contributed by atoms with Crippen LogP contribution in [-0.2, 0) is 4.74 Å². The van der Waals surface area contributed by atoms with Crippen molar-refractivity contribution in [3.63, 3.8) is 0 Å². The molecule has 1 N–H and O–H groups in total. The van der Waals surface area contributed by atoms with E-state index in [-0.39, 0.29) is 30.8 Å². The summed E-state index contributed by atoms with van der Waals surface area (Å²) in [6.07, 6.45) is 3.85. The molecular weight excluding hydrogens is 545 g/mol. The second kappa shape index (κ2) is 15.8. The Morgan fingerprint density at radius 1 is 0.974 bits per heavy atom. The lowest BCUT2D eigenvalue weighted by Crippen LogP contribution is -2.33. The van der Waals surface area contributed by atoms with Gasteiger partial charge in [-0.1, -0.05) is 12.5 Å². The van der Waals surface area contributed by atoms with E-state index in [9.17, 15) is 4.79 Å². The van der Waals surface area contributed by atoms with Crippen molar-refractivity contribution in [1.29, 1.82) is 0 Å². The van der Waals surface area contributed by atoms with Gasteiger partial charge in [0.05, 0.1) is 31.6 Å². The number of likely N-dealkylation sites (tertiary alicyclic amines) is 1. The van der Waals surface area contributed by atoms with Gasteiger partial charge in [-0.05, 0) is 70.1 Å². The van der Waals surface area contributed by atoms with Gasteiger partial charge < -0.3 is 24.4 Å². The highest BCUT2D eigenvalue weighted by atomic mass is 35.5. The first kappa shape index (κ1) is 31.7. The van der Waals surface area contributed by atoms with Crippen LogP contribution in [0.2, 0.25) is 0 Å². The third-order valence-electron chi connectivity index (χ3n) is 6.21. The normalized spacial score (nSPS) is 13.1. The number of hydrogen-bond donors (Lipinski definition) is 1. The van der Waals surface area contributed by atoms with E-state index >= 15 is 0 Å². The standard InChI is InChI=1S/C28H35N3O4S.2ClH/c1-4-34-25-12-10-21(18-26(25)35-5-2)27-30-24(19-36-27)20-9-11-23(22(17-20)28(32)33-3)29-13-16-31-14-7-6-8-15-31;;/h9-12,17-19,29H,4-8,13-16H2,1-3H3;2*1H. The zero-order valence-electron chi connectivity index (χ0n) is 22.2. The SMILES string of the molecule is CCOc1ccc(-c2nc(-c3ccc(NCCN4CCCCC4)c(C(=O)OC)c3)cs2)cc1OCC.Cl.Cl. The summed E-state index contributed by atoms with van der Waals surface area (Å²) < 4.78 is 16.5. The van der Waals surface area contributed by atoms with Crippen molar-refractivity contribution < 1.29 is 19.0 Å². The highest BCUT2D eigenvalue weighted by Gasteiger charge is 2.17. The number of nitrogens with zero attached hydrogens (tertiary/aromatic N) is 2. The Balaban J connectivity index is 0.00000253. The molecule has 3 aromatic rings. The molecule has 38 heavy (non-hydrogen) atoms. The van der Waals surface area contributed by atoms with E-state index < -0.39 is 0 Å². The summed E-state index contributed by atoms with van der Waals surface area (Å²) in [6.45, 7) is 9.08. The smallest absolute Gasteiger partial charge is 0.339 e. The van der Waals surface area contributed by atoms with E-state index in [1.807, 2.05) is 55.6 Å². The second-order valence-corrected chi connectivity index (χ2v) is 9.50. The van der Waals surface area contributed by atoms with E-state index in [0.717, 1.165) is 59.4 Å². The number of hydrogen-bond acceptors (Lipinski definition) is 8. The molecule has 1 aliphatic rings. The first-order valence-electron chi connectivity index (χ1n) is 12.7. The van der Waals surface area contributed by atoms with Gasteiger partial charge in [0.1, 0.15) is 5.01 Å². The van der Waals surface area contributed by atoms with E-state index in [1.165, 1.54) is 26.4 Å². The molecular formula is C28H37Cl2N3O4S. The Kier molecular flexibility index (Phi) is 13.2. The van der Waals surface area contributed by atoms with Crippen LogP contribution in [0.5, 0.6) is 11.5 Å². The summed E-state index contributed by atoms with van der Waals surface area (Å²) >= 11 is 1.55. The number of aromatic nitrogens is 1. The van der Waals surface area contributed by atoms with Gasteiger partial charge >= 0.3 is 5.97 Å². The van der Waals surface area contributed by atoms with Crippen LogP contribution in [0, 0.1) is 0 Å². The minimum Gasteiger partial charge on any atom is -0.490 e. The molecule has 0 radical (unpaired) electrons. The molecule has 0 unspecified atom stereocenters. The minimum atomic E-state index is -0.361. The molecule has 0 atom stereocenters. The summed E-state index contributed by atoms with van der Waals surface area (Å²) in [5.41, 5.74) is 3.94. The molecule has 1 aromatic heterocycles. The van der Waals surface area contributed by atoms with Crippen LogP contribution in [0.15, 0.2) is 41.8 Å². The Hall–Kier alpha value is -2.52. The van der Waals surface area contributed by atoms with Gasteiger partial charge in [0.15, 0.2) is 11.5 Å². The maximum absolute atomic E-state index is 12.6. The molecule has 0 saturated carbocycles. The van der Waals surface area contributed by atoms with Crippen molar-refractivity contribution in [2.24, 2.45) is 0 Å². The Labute approximate surface area is 241 Å². The lowest BCUT2D eigenvalue weighted by molar-refractivity contribution is 0.0602. The van der Waals surface area contributed by atoms with E-state index in [4.69, 9.17) is 19.2 Å². The zero-order chi connectivity index (χ0) is 25.3. The van der Waals surface area contributed by atoms with Crippen molar-refractivity contribution in [3.8, 4) is 33.3 Å². The van der Waals surface area contributed by atoms with Gasteiger partial charge in [-0.3, -0.25) is 0 Å². The van der Waals surface area contributed by atoms with Crippen molar-refractivity contribution in [2.45, 2.75) is 33.1 Å². The topological polar surface area (TPSA) is 72.9 Å². The fraction of sp³-hybridized carbons (Fsp3) is 0.429. The van der Waals surface area contributed by atoms with Crippen LogP contribution < -0.4 is 14.8 Å². The third-order valence-corrected chi connectivity index (χ3v) is 7.10. The van der Waals surface area contributed by atoms with Crippen LogP contribution in [0.1, 0.15) is 43.5 Å². The molecule has 2 aromatic carbocycles. The molecule has 10 heteroatoms. The van der Waals surface area contributed by atoms with E-state index in [1.54, 1.807) is 11.3 Å². The number of thiazole rings is 1. The number of methoxy groups -OCH3 is 1. The monoisotopic (exact) mass is 581 g/mol. The molecule has 0 amide bonds. The maximum Gasteiger partial charge on any atom is 0.339 e. The fourth-order valence-corrected chi connectivity index (χ4v) is 5.22. The van der Waals surface area contributed by atoms with Gasteiger partial charge in [-0.25, -0.2) is 9.78 Å². The lowest BCUT2D eigenvalue weighted by atomic mass is 10.1. The molecule has 1 aliphatic heterocycles. The molecule has 0 aliphatic carbocycles. The number of esters is 1. The molecule has 208 valence electrons. The average molecular weight is 583 g/mol. The zero-order valence-corrected chi connectivity index (χ0v) is 24.6. The molecule has 7 nitrogen and oxygen atoms in total. The number of rotatable bonds is 11. The van der Waals surface area contributed by atoms with Crippen molar-refractivity contribution >= 4 is 47.8 Å². The van der Waals surface area contributed by atoms with Gasteiger partial charge in [0.2, 0.25) is 0 Å². The van der Waals surface area contributed by atoms with Crippen molar-refractivity contribution in [3.05, 3.63) is 47.3 Å². The van der Waals surface area contributed by atoms with Crippen LogP contribution in [0.4, 0.5) is 5.69 Å². The maximum atomic E-state index is 12.6. The fourth-order valence-electron chi connectivity index (χ4n) is 4.39. The Morgan fingerprint density at radius 2 is 1.68 bits per heavy atom. The summed E-state index contributed by atoms with van der Waals surface area (Å²) in [5.74, 6) is 1.08. The number of carbonyl (C=O) groups is 1. The second-order valence-electron chi connectivity index (χ2n) is 8.65. The predicted octanol–water partition coefficient (Wildman–Crippen LogP) is 6.80. The number of carbonyl (C=O) groups excluding carboxylic acids is 1. The first-order chi connectivity index (χ1) is 17.6. The summed E-state index contributed by atoms with van der Waals surface area (Å²) in [6, 6.07) is 11.7. The van der Waals surface area contributed by atoms with E-state index in [0.29, 0.717) is 24.5 Å². The summed E-state index contributed by atoms with van der Waals surface area (Å²) in [4.78, 5) is 19.9. The molecule has 0 bridgehead atoms. The molecule has 0 spiro atoms. The highest BCUT2D eigenvalue weighted by molar-refractivity contribution is 7.13. The van der Waals surface area contributed by atoms with Gasteiger partial charge in [0.25, 0.3) is 0 Å². The molecule has 4 rings (SSSR count). The first-order valence-corrected chi connectivity index (χ1v) is 13.5. The number of benzene rings is 2. The van der Waals surface area contributed by atoms with Crippen LogP contribution >= 0.6 is 36.2 Å². The number of ether oxygens (including phenoxy) is 3. The lowest BCUT2D eigenvalue weighted by Gasteiger charge is -2.26. The highest BCUT2D eigenvalue weighted by Crippen LogP contribution is 2.36. The summed E-state index contributed by atoms with van der Waals surface area (Å²) in [7, 11) is 1.41. The number of anilines is 1.